The van der Waals surface area contributed by atoms with Gasteiger partial charge in [0, 0.05) is 17.3 Å². The van der Waals surface area contributed by atoms with Gasteiger partial charge in [0.15, 0.2) is 5.25 Å². The molecule has 0 aliphatic heterocycles. The Morgan fingerprint density at radius 1 is 0.952 bits per heavy atom. The van der Waals surface area contributed by atoms with Crippen LogP contribution in [-0.4, -0.2) is 9.54 Å². The maximum absolute atomic E-state index is 12.9. The molecule has 21 heavy (non-hydrogen) atoms. The summed E-state index contributed by atoms with van der Waals surface area (Å²) < 4.78 is 12.9. The van der Waals surface area contributed by atoms with Gasteiger partial charge in [-0.1, -0.05) is 60.7 Å². The van der Waals surface area contributed by atoms with E-state index in [0.29, 0.717) is 5.75 Å². The van der Waals surface area contributed by atoms with E-state index >= 15 is 0 Å². The summed E-state index contributed by atoms with van der Waals surface area (Å²) in [5, 5.41) is -0.102. The fraction of sp³-hybridized carbons (Fsp3) is 0.118. The number of rotatable bonds is 5. The molecular formula is C17H15NOS2. The molecule has 0 radical (unpaired) electrons. The highest BCUT2D eigenvalue weighted by Gasteiger charge is 2.27. The molecule has 3 aromatic rings. The van der Waals surface area contributed by atoms with Crippen LogP contribution in [0.2, 0.25) is 0 Å². The van der Waals surface area contributed by atoms with E-state index in [1.165, 1.54) is 0 Å². The van der Waals surface area contributed by atoms with Crippen molar-refractivity contribution in [1.82, 2.24) is 4.98 Å². The summed E-state index contributed by atoms with van der Waals surface area (Å²) in [4.78, 5) is 5.12. The van der Waals surface area contributed by atoms with Crippen LogP contribution in [0.3, 0.4) is 0 Å². The van der Waals surface area contributed by atoms with Crippen molar-refractivity contribution in [2.24, 2.45) is 0 Å². The van der Waals surface area contributed by atoms with Gasteiger partial charge in [-0.25, -0.2) is 0 Å². The summed E-state index contributed by atoms with van der Waals surface area (Å²) in [5.41, 5.74) is 3.96. The van der Waals surface area contributed by atoms with E-state index in [-0.39, 0.29) is 5.25 Å². The molecule has 0 saturated carbocycles. The van der Waals surface area contributed by atoms with Crippen LogP contribution >= 0.6 is 11.3 Å². The quantitative estimate of drug-likeness (QED) is 0.662. The zero-order valence-electron chi connectivity index (χ0n) is 11.4. The Hall–Kier alpha value is -1.62. The van der Waals surface area contributed by atoms with E-state index in [2.05, 4.69) is 4.98 Å². The van der Waals surface area contributed by atoms with E-state index in [1.54, 1.807) is 23.0 Å². The molecule has 1 atom stereocenters. The first kappa shape index (κ1) is 14.3. The summed E-state index contributed by atoms with van der Waals surface area (Å²) in [7, 11) is 0. The topological polar surface area (TPSA) is 36.0 Å². The van der Waals surface area contributed by atoms with Crippen molar-refractivity contribution < 1.29 is 4.55 Å². The molecule has 1 aromatic heterocycles. The molecule has 0 amide bonds. The van der Waals surface area contributed by atoms with Crippen LogP contribution in [0.5, 0.6) is 0 Å². The molecule has 0 spiro atoms. The monoisotopic (exact) mass is 313 g/mol. The molecule has 0 saturated heterocycles. The fourth-order valence-corrected chi connectivity index (χ4v) is 4.73. The molecule has 2 nitrogen and oxygen atoms in total. The number of hydrogen-bond acceptors (Lipinski definition) is 3. The average molecular weight is 313 g/mol. The number of nitrogens with zero attached hydrogens (tertiary/aromatic N) is 1. The third-order valence-corrected chi connectivity index (χ3v) is 5.86. The van der Waals surface area contributed by atoms with Gasteiger partial charge in [-0.2, -0.15) is 0 Å². The van der Waals surface area contributed by atoms with Crippen LogP contribution in [-0.2, 0) is 16.9 Å². The van der Waals surface area contributed by atoms with Gasteiger partial charge >= 0.3 is 0 Å². The second-order valence-electron chi connectivity index (χ2n) is 4.69. The third kappa shape index (κ3) is 3.53. The summed E-state index contributed by atoms with van der Waals surface area (Å²) in [6.45, 7) is 0. The lowest BCUT2D eigenvalue weighted by Crippen LogP contribution is -2.16. The Morgan fingerprint density at radius 2 is 1.52 bits per heavy atom. The van der Waals surface area contributed by atoms with E-state index < -0.39 is 11.2 Å². The third-order valence-electron chi connectivity index (χ3n) is 3.24. The van der Waals surface area contributed by atoms with Gasteiger partial charge < -0.3 is 4.55 Å². The zero-order valence-corrected chi connectivity index (χ0v) is 13.0. The zero-order chi connectivity index (χ0) is 14.5. The maximum atomic E-state index is 12.9. The minimum atomic E-state index is -1.02. The Bertz CT molecular complexity index is 616. The van der Waals surface area contributed by atoms with E-state index in [0.717, 1.165) is 16.0 Å². The molecule has 0 aliphatic rings. The van der Waals surface area contributed by atoms with Crippen molar-refractivity contribution in [3.63, 3.8) is 0 Å². The molecule has 2 aromatic carbocycles. The number of thiazole rings is 1. The fourth-order valence-electron chi connectivity index (χ4n) is 2.29. The van der Waals surface area contributed by atoms with Crippen LogP contribution in [0, 0.1) is 0 Å². The van der Waals surface area contributed by atoms with Crippen LogP contribution in [0.1, 0.15) is 21.3 Å². The van der Waals surface area contributed by atoms with Crippen molar-refractivity contribution in [2.75, 3.05) is 0 Å². The first-order valence-electron chi connectivity index (χ1n) is 6.69. The SMILES string of the molecule is [O-][S+](Cc1cncs1)C(c1ccccc1)c1ccccc1. The van der Waals surface area contributed by atoms with E-state index in [4.69, 9.17) is 0 Å². The van der Waals surface area contributed by atoms with Crippen LogP contribution in [0.15, 0.2) is 72.4 Å². The molecule has 1 unspecified atom stereocenters. The standard InChI is InChI=1S/C17H15NOS2/c19-21(12-16-11-18-13-20-16)17(14-7-3-1-4-8-14)15-9-5-2-6-10-15/h1-11,13,17H,12H2. The second-order valence-corrected chi connectivity index (χ2v) is 7.19. The second kappa shape index (κ2) is 6.89. The van der Waals surface area contributed by atoms with Gasteiger partial charge in [-0.3, -0.25) is 4.98 Å². The van der Waals surface area contributed by atoms with E-state index in [1.807, 2.05) is 60.7 Å². The molecule has 106 valence electrons. The van der Waals surface area contributed by atoms with Gasteiger partial charge in [-0.05, 0) is 11.2 Å². The highest BCUT2D eigenvalue weighted by molar-refractivity contribution is 7.91. The molecule has 0 aliphatic carbocycles. The summed E-state index contributed by atoms with van der Waals surface area (Å²) in [5.74, 6) is 0.541. The van der Waals surface area contributed by atoms with Gasteiger partial charge in [0.2, 0.25) is 0 Å². The first-order chi connectivity index (χ1) is 10.3. The average Bonchev–Trinajstić information content (AvgIpc) is 3.02. The molecule has 4 heteroatoms. The minimum Gasteiger partial charge on any atom is -0.615 e. The summed E-state index contributed by atoms with van der Waals surface area (Å²) in [6, 6.07) is 20.1. The number of hydrogen-bond donors (Lipinski definition) is 0. The van der Waals surface area contributed by atoms with Crippen molar-refractivity contribution in [2.45, 2.75) is 11.0 Å². The molecule has 1 heterocycles. The maximum Gasteiger partial charge on any atom is 0.166 e. The first-order valence-corrected chi connectivity index (χ1v) is 8.95. The summed E-state index contributed by atoms with van der Waals surface area (Å²) >= 11 is 0.536. The highest BCUT2D eigenvalue weighted by Crippen LogP contribution is 2.32. The molecular weight excluding hydrogens is 298 g/mol. The minimum absolute atomic E-state index is 0.102. The number of aromatic nitrogens is 1. The lowest BCUT2D eigenvalue weighted by atomic mass is 10.0. The largest absolute Gasteiger partial charge is 0.615 e. The van der Waals surface area contributed by atoms with Crippen molar-refractivity contribution in [3.05, 3.63) is 88.4 Å². The van der Waals surface area contributed by atoms with Gasteiger partial charge in [0.1, 0.15) is 5.75 Å². The smallest absolute Gasteiger partial charge is 0.166 e. The summed E-state index contributed by atoms with van der Waals surface area (Å²) in [6.07, 6.45) is 1.80. The van der Waals surface area contributed by atoms with Crippen LogP contribution in [0.4, 0.5) is 0 Å². The molecule has 3 rings (SSSR count). The molecule has 0 fully saturated rings. The Labute approximate surface area is 131 Å². The lowest BCUT2D eigenvalue weighted by Gasteiger charge is -2.22. The van der Waals surface area contributed by atoms with Crippen LogP contribution in [0.25, 0.3) is 0 Å². The van der Waals surface area contributed by atoms with Crippen molar-refractivity contribution in [3.8, 4) is 0 Å². The Balaban J connectivity index is 1.92. The predicted octanol–water partition coefficient (Wildman–Crippen LogP) is 4.18. The number of benzene rings is 2. The molecule has 0 bridgehead atoms. The van der Waals surface area contributed by atoms with Crippen molar-refractivity contribution in [1.29, 1.82) is 0 Å². The van der Waals surface area contributed by atoms with E-state index in [9.17, 15) is 4.55 Å². The normalized spacial score (nSPS) is 12.5. The molecule has 0 N–H and O–H groups in total. The predicted molar refractivity (Wildman–Crippen MR) is 88.7 cm³/mol. The van der Waals surface area contributed by atoms with Crippen molar-refractivity contribution >= 4 is 22.5 Å². The van der Waals surface area contributed by atoms with Gasteiger partial charge in [0.25, 0.3) is 0 Å². The van der Waals surface area contributed by atoms with Gasteiger partial charge in [0.05, 0.1) is 10.4 Å². The highest BCUT2D eigenvalue weighted by atomic mass is 32.2. The Morgan fingerprint density at radius 3 is 2.00 bits per heavy atom. The Kier molecular flexibility index (Phi) is 4.70. The van der Waals surface area contributed by atoms with Gasteiger partial charge in [-0.15, -0.1) is 11.3 Å². The lowest BCUT2D eigenvalue weighted by molar-refractivity contribution is 0.587. The van der Waals surface area contributed by atoms with Crippen LogP contribution < -0.4 is 0 Å².